The van der Waals surface area contributed by atoms with Crippen LogP contribution < -0.4 is 5.73 Å². The number of rotatable bonds is 4. The first-order valence-electron chi connectivity index (χ1n) is 7.17. The maximum Gasteiger partial charge on any atom is 0.228 e. The summed E-state index contributed by atoms with van der Waals surface area (Å²) in [5.74, 6) is 0.751. The number of nitrogen functional groups attached to an aromatic ring is 1. The maximum absolute atomic E-state index is 12.2. The van der Waals surface area contributed by atoms with Crippen molar-refractivity contribution in [3.63, 3.8) is 0 Å². The lowest BCUT2D eigenvalue weighted by atomic mass is 9.96. The van der Waals surface area contributed by atoms with E-state index < -0.39 is 0 Å². The number of hydrogen-bond donors (Lipinski definition) is 1. The molecule has 1 saturated heterocycles. The summed E-state index contributed by atoms with van der Waals surface area (Å²) in [7, 11) is 4.04. The number of carbonyl (C=O) groups excluding carboxylic acids is 1. The highest BCUT2D eigenvalue weighted by molar-refractivity contribution is 5.78. The fourth-order valence-electron chi connectivity index (χ4n) is 2.56. The van der Waals surface area contributed by atoms with E-state index in [4.69, 9.17) is 5.73 Å². The van der Waals surface area contributed by atoms with E-state index in [0.717, 1.165) is 25.3 Å². The van der Waals surface area contributed by atoms with Gasteiger partial charge in [0.25, 0.3) is 0 Å². The summed E-state index contributed by atoms with van der Waals surface area (Å²) in [6.45, 7) is 3.11. The summed E-state index contributed by atoms with van der Waals surface area (Å²) in [4.78, 5) is 20.5. The van der Waals surface area contributed by atoms with Gasteiger partial charge >= 0.3 is 0 Å². The average molecular weight is 276 g/mol. The molecule has 2 N–H and O–H groups in total. The predicted molar refractivity (Wildman–Crippen MR) is 80.2 cm³/mol. The standard InChI is InChI=1S/C15H24N4O/c1-18-7-5-12(6-8-18)11-19(2)15(20)9-14-4-3-13(16)10-17-14/h3-4,10,12H,5-9,11,16H2,1-2H3. The van der Waals surface area contributed by atoms with Crippen LogP contribution in [0.1, 0.15) is 18.5 Å². The molecule has 0 bridgehead atoms. The van der Waals surface area contributed by atoms with E-state index >= 15 is 0 Å². The van der Waals surface area contributed by atoms with Crippen molar-refractivity contribution in [3.05, 3.63) is 24.0 Å². The monoisotopic (exact) mass is 276 g/mol. The minimum absolute atomic E-state index is 0.126. The molecule has 0 saturated carbocycles. The second-order valence-corrected chi connectivity index (χ2v) is 5.78. The van der Waals surface area contributed by atoms with Crippen molar-refractivity contribution in [2.24, 2.45) is 5.92 Å². The lowest BCUT2D eigenvalue weighted by Gasteiger charge is -2.31. The van der Waals surface area contributed by atoms with Gasteiger partial charge in [-0.25, -0.2) is 0 Å². The van der Waals surface area contributed by atoms with Crippen molar-refractivity contribution in [1.29, 1.82) is 0 Å². The van der Waals surface area contributed by atoms with Gasteiger partial charge < -0.3 is 15.5 Å². The fraction of sp³-hybridized carbons (Fsp3) is 0.600. The minimum Gasteiger partial charge on any atom is -0.397 e. The molecular formula is C15H24N4O. The van der Waals surface area contributed by atoms with Crippen molar-refractivity contribution < 1.29 is 4.79 Å². The van der Waals surface area contributed by atoms with Gasteiger partial charge in [-0.2, -0.15) is 0 Å². The van der Waals surface area contributed by atoms with Crippen molar-refractivity contribution >= 4 is 11.6 Å². The molecule has 1 amide bonds. The van der Waals surface area contributed by atoms with E-state index in [1.807, 2.05) is 18.0 Å². The fourth-order valence-corrected chi connectivity index (χ4v) is 2.56. The first kappa shape index (κ1) is 14.8. The number of nitrogens with two attached hydrogens (primary N) is 1. The van der Waals surface area contributed by atoms with E-state index in [2.05, 4.69) is 16.9 Å². The summed E-state index contributed by atoms with van der Waals surface area (Å²) in [6, 6.07) is 3.60. The van der Waals surface area contributed by atoms with Gasteiger partial charge in [-0.1, -0.05) is 0 Å². The second kappa shape index (κ2) is 6.70. The Morgan fingerprint density at radius 2 is 2.15 bits per heavy atom. The van der Waals surface area contributed by atoms with Crippen LogP contribution in [0.15, 0.2) is 18.3 Å². The highest BCUT2D eigenvalue weighted by Crippen LogP contribution is 2.17. The van der Waals surface area contributed by atoms with E-state index in [-0.39, 0.29) is 5.91 Å². The zero-order chi connectivity index (χ0) is 14.5. The molecule has 1 aromatic rings. The number of aromatic nitrogens is 1. The Hall–Kier alpha value is -1.62. The number of likely N-dealkylation sites (N-methyl/N-ethyl adjacent to an activating group) is 1. The van der Waals surface area contributed by atoms with Crippen molar-refractivity contribution in [1.82, 2.24) is 14.8 Å². The van der Waals surface area contributed by atoms with Crippen molar-refractivity contribution in [3.8, 4) is 0 Å². The summed E-state index contributed by atoms with van der Waals surface area (Å²) in [5.41, 5.74) is 6.99. The number of piperidine rings is 1. The lowest BCUT2D eigenvalue weighted by Crippen LogP contribution is -2.38. The van der Waals surface area contributed by atoms with Gasteiger partial charge in [0.05, 0.1) is 18.3 Å². The molecule has 5 heteroatoms. The van der Waals surface area contributed by atoms with E-state index in [9.17, 15) is 4.79 Å². The van der Waals surface area contributed by atoms with Gasteiger partial charge in [-0.05, 0) is 51.0 Å². The van der Waals surface area contributed by atoms with Gasteiger partial charge in [0.2, 0.25) is 5.91 Å². The molecule has 0 unspecified atom stereocenters. The topological polar surface area (TPSA) is 62.5 Å². The van der Waals surface area contributed by atoms with Crippen molar-refractivity contribution in [2.45, 2.75) is 19.3 Å². The number of anilines is 1. The second-order valence-electron chi connectivity index (χ2n) is 5.78. The molecule has 0 spiro atoms. The van der Waals surface area contributed by atoms with Crippen LogP contribution in [-0.2, 0) is 11.2 Å². The number of nitrogens with zero attached hydrogens (tertiary/aromatic N) is 3. The third kappa shape index (κ3) is 4.20. The number of likely N-dealkylation sites (tertiary alicyclic amines) is 1. The minimum atomic E-state index is 0.126. The van der Waals surface area contributed by atoms with Crippen LogP contribution in [0.5, 0.6) is 0 Å². The first-order valence-corrected chi connectivity index (χ1v) is 7.17. The van der Waals surface area contributed by atoms with Crippen LogP contribution in [0.2, 0.25) is 0 Å². The Kier molecular flexibility index (Phi) is 4.95. The van der Waals surface area contributed by atoms with Gasteiger partial charge in [-0.15, -0.1) is 0 Å². The quantitative estimate of drug-likeness (QED) is 0.891. The molecule has 1 aliphatic rings. The molecule has 1 fully saturated rings. The highest BCUT2D eigenvalue weighted by atomic mass is 16.2. The molecule has 0 radical (unpaired) electrons. The first-order chi connectivity index (χ1) is 9.54. The van der Waals surface area contributed by atoms with Crippen LogP contribution in [-0.4, -0.2) is 54.4 Å². The van der Waals surface area contributed by atoms with Crippen LogP contribution >= 0.6 is 0 Å². The van der Waals surface area contributed by atoms with E-state index in [0.29, 0.717) is 18.0 Å². The summed E-state index contributed by atoms with van der Waals surface area (Å²) in [6.07, 6.45) is 4.30. The van der Waals surface area contributed by atoms with Gasteiger partial charge in [0.15, 0.2) is 0 Å². The Balaban J connectivity index is 1.81. The number of amides is 1. The molecular weight excluding hydrogens is 252 g/mol. The zero-order valence-corrected chi connectivity index (χ0v) is 12.4. The summed E-state index contributed by atoms with van der Waals surface area (Å²) >= 11 is 0. The molecule has 110 valence electrons. The maximum atomic E-state index is 12.2. The Bertz CT molecular complexity index is 438. The average Bonchev–Trinajstić information content (AvgIpc) is 2.44. The highest BCUT2D eigenvalue weighted by Gasteiger charge is 2.20. The van der Waals surface area contributed by atoms with Gasteiger partial charge in [-0.3, -0.25) is 9.78 Å². The molecule has 1 aromatic heterocycles. The van der Waals surface area contributed by atoms with E-state index in [1.165, 1.54) is 12.8 Å². The number of carbonyl (C=O) groups is 1. The number of hydrogen-bond acceptors (Lipinski definition) is 4. The Labute approximate surface area is 120 Å². The normalized spacial score (nSPS) is 17.1. The molecule has 1 aliphatic heterocycles. The van der Waals surface area contributed by atoms with Crippen LogP contribution in [0, 0.1) is 5.92 Å². The lowest BCUT2D eigenvalue weighted by molar-refractivity contribution is -0.130. The molecule has 20 heavy (non-hydrogen) atoms. The van der Waals surface area contributed by atoms with Gasteiger partial charge in [0.1, 0.15) is 0 Å². The largest absolute Gasteiger partial charge is 0.397 e. The van der Waals surface area contributed by atoms with Crippen LogP contribution in [0.4, 0.5) is 5.69 Å². The molecule has 0 atom stereocenters. The molecule has 0 aromatic carbocycles. The molecule has 2 rings (SSSR count). The van der Waals surface area contributed by atoms with Crippen LogP contribution in [0.25, 0.3) is 0 Å². The third-order valence-electron chi connectivity index (χ3n) is 3.98. The number of pyridine rings is 1. The molecule has 2 heterocycles. The third-order valence-corrected chi connectivity index (χ3v) is 3.98. The Morgan fingerprint density at radius 1 is 1.45 bits per heavy atom. The molecule has 5 nitrogen and oxygen atoms in total. The van der Waals surface area contributed by atoms with Crippen molar-refractivity contribution in [2.75, 3.05) is 39.5 Å². The zero-order valence-electron chi connectivity index (χ0n) is 12.4. The molecule has 0 aliphatic carbocycles. The van der Waals surface area contributed by atoms with Gasteiger partial charge in [0, 0.05) is 19.3 Å². The SMILES string of the molecule is CN1CCC(CN(C)C(=O)Cc2ccc(N)cn2)CC1. The summed E-state index contributed by atoms with van der Waals surface area (Å²) in [5, 5.41) is 0. The van der Waals surface area contributed by atoms with Crippen LogP contribution in [0.3, 0.4) is 0 Å². The Morgan fingerprint density at radius 3 is 2.75 bits per heavy atom. The predicted octanol–water partition coefficient (Wildman–Crippen LogP) is 1.01. The smallest absolute Gasteiger partial charge is 0.228 e. The summed E-state index contributed by atoms with van der Waals surface area (Å²) < 4.78 is 0. The van der Waals surface area contributed by atoms with E-state index in [1.54, 1.807) is 12.3 Å².